The third-order valence-electron chi connectivity index (χ3n) is 1.22. The number of imidazole rings is 1. The van der Waals surface area contributed by atoms with E-state index in [1.54, 1.807) is 0 Å². The Morgan fingerprint density at radius 3 is 2.60 bits per heavy atom. The first-order valence-corrected chi connectivity index (χ1v) is 2.60. The van der Waals surface area contributed by atoms with Gasteiger partial charge in [-0.15, -0.1) is 0 Å². The molecule has 0 bridgehead atoms. The van der Waals surface area contributed by atoms with Gasteiger partial charge >= 0.3 is 11.7 Å². The van der Waals surface area contributed by atoms with E-state index in [1.165, 1.54) is 7.05 Å². The Balaban J connectivity index is 3.31. The zero-order valence-corrected chi connectivity index (χ0v) is 5.29. The van der Waals surface area contributed by atoms with Gasteiger partial charge in [0.25, 0.3) is 0 Å². The molecule has 0 fully saturated rings. The molecule has 0 amide bonds. The van der Waals surface area contributed by atoms with Crippen molar-refractivity contribution in [3.05, 3.63) is 22.4 Å². The molecule has 1 rings (SSSR count). The number of aromatic nitrogens is 2. The summed E-state index contributed by atoms with van der Waals surface area (Å²) in [5, 5.41) is 8.40. The quantitative estimate of drug-likeness (QED) is 0.550. The van der Waals surface area contributed by atoms with Crippen LogP contribution < -0.4 is 5.69 Å². The molecule has 0 atom stereocenters. The molecule has 0 radical (unpaired) electrons. The number of hydrogen-bond donors (Lipinski definition) is 2. The van der Waals surface area contributed by atoms with Gasteiger partial charge in [0.15, 0.2) is 0 Å². The standard InChI is InChI=1S/C5H6N2O3/c1-7-3(4(8)9)2-6-5(7)10/h2H,1H3,(H,6,10)(H,8,9). The van der Waals surface area contributed by atoms with E-state index in [9.17, 15) is 9.59 Å². The predicted octanol–water partition coefficient (Wildman–Crippen LogP) is -0.588. The molecule has 1 aromatic heterocycles. The Bertz CT molecular complexity index is 309. The van der Waals surface area contributed by atoms with E-state index < -0.39 is 11.7 Å². The van der Waals surface area contributed by atoms with Crippen molar-refractivity contribution in [2.24, 2.45) is 7.05 Å². The summed E-state index contributed by atoms with van der Waals surface area (Å²) in [6.07, 6.45) is 1.16. The lowest BCUT2D eigenvalue weighted by molar-refractivity contribution is 0.0686. The minimum Gasteiger partial charge on any atom is -0.477 e. The van der Waals surface area contributed by atoms with E-state index in [4.69, 9.17) is 5.11 Å². The van der Waals surface area contributed by atoms with Crippen LogP contribution in [-0.2, 0) is 7.05 Å². The summed E-state index contributed by atoms with van der Waals surface area (Å²) in [7, 11) is 1.39. The first-order valence-electron chi connectivity index (χ1n) is 2.60. The SMILES string of the molecule is Cn1c(C(=O)O)c[nH]c1=O. The maximum atomic E-state index is 10.6. The third kappa shape index (κ3) is 0.812. The summed E-state index contributed by atoms with van der Waals surface area (Å²) >= 11 is 0. The second-order valence-corrected chi connectivity index (χ2v) is 1.84. The molecule has 0 aromatic carbocycles. The van der Waals surface area contributed by atoms with E-state index in [0.29, 0.717) is 0 Å². The fourth-order valence-corrected chi connectivity index (χ4v) is 0.638. The average molecular weight is 142 g/mol. The maximum absolute atomic E-state index is 10.6. The summed E-state index contributed by atoms with van der Waals surface area (Å²) in [4.78, 5) is 23.1. The fraction of sp³-hybridized carbons (Fsp3) is 0.200. The molecular formula is C5H6N2O3. The van der Waals surface area contributed by atoms with Gasteiger partial charge in [-0.05, 0) is 0 Å². The number of aromatic amines is 1. The second-order valence-electron chi connectivity index (χ2n) is 1.84. The van der Waals surface area contributed by atoms with Crippen LogP contribution >= 0.6 is 0 Å². The van der Waals surface area contributed by atoms with Gasteiger partial charge in [0.2, 0.25) is 0 Å². The van der Waals surface area contributed by atoms with Crippen LogP contribution in [0.15, 0.2) is 11.0 Å². The molecule has 0 spiro atoms. The Morgan fingerprint density at radius 1 is 1.80 bits per heavy atom. The first-order chi connectivity index (χ1) is 4.63. The molecule has 0 saturated heterocycles. The van der Waals surface area contributed by atoms with Crippen molar-refractivity contribution in [1.82, 2.24) is 9.55 Å². The van der Waals surface area contributed by atoms with E-state index in [1.807, 2.05) is 0 Å². The Kier molecular flexibility index (Phi) is 1.33. The highest BCUT2D eigenvalue weighted by Crippen LogP contribution is 1.89. The maximum Gasteiger partial charge on any atom is 0.354 e. The monoisotopic (exact) mass is 142 g/mol. The number of aromatic carboxylic acids is 1. The van der Waals surface area contributed by atoms with Crippen molar-refractivity contribution in [3.63, 3.8) is 0 Å². The Morgan fingerprint density at radius 2 is 2.40 bits per heavy atom. The number of nitrogens with zero attached hydrogens (tertiary/aromatic N) is 1. The van der Waals surface area contributed by atoms with Crippen LogP contribution in [0.1, 0.15) is 10.5 Å². The molecule has 54 valence electrons. The predicted molar refractivity (Wildman–Crippen MR) is 33.0 cm³/mol. The molecule has 0 aliphatic heterocycles. The minimum absolute atomic E-state index is 0.0370. The minimum atomic E-state index is -1.11. The first kappa shape index (κ1) is 6.60. The molecule has 0 unspecified atom stereocenters. The fourth-order valence-electron chi connectivity index (χ4n) is 0.638. The molecule has 0 saturated carbocycles. The molecule has 1 heterocycles. The molecule has 0 aliphatic rings. The Hall–Kier alpha value is -1.52. The van der Waals surface area contributed by atoms with Gasteiger partial charge in [-0.2, -0.15) is 0 Å². The highest BCUT2D eigenvalue weighted by Gasteiger charge is 2.07. The van der Waals surface area contributed by atoms with E-state index >= 15 is 0 Å². The van der Waals surface area contributed by atoms with Crippen molar-refractivity contribution in [2.45, 2.75) is 0 Å². The van der Waals surface area contributed by atoms with Crippen LogP contribution in [0.4, 0.5) is 0 Å². The lowest BCUT2D eigenvalue weighted by Crippen LogP contribution is -2.16. The lowest BCUT2D eigenvalue weighted by Gasteiger charge is -1.90. The summed E-state index contributed by atoms with van der Waals surface area (Å²) in [5.74, 6) is -1.11. The number of carboxylic acids is 1. The number of carbonyl (C=O) groups is 1. The zero-order chi connectivity index (χ0) is 7.72. The van der Waals surface area contributed by atoms with Gasteiger partial charge in [-0.25, -0.2) is 9.59 Å². The smallest absolute Gasteiger partial charge is 0.354 e. The van der Waals surface area contributed by atoms with Gasteiger partial charge in [0.05, 0.1) is 0 Å². The number of H-pyrrole nitrogens is 1. The van der Waals surface area contributed by atoms with Gasteiger partial charge in [0, 0.05) is 13.2 Å². The molecule has 10 heavy (non-hydrogen) atoms. The molecule has 2 N–H and O–H groups in total. The van der Waals surface area contributed by atoms with Gasteiger partial charge in [0.1, 0.15) is 5.69 Å². The lowest BCUT2D eigenvalue weighted by atomic mass is 10.5. The third-order valence-corrected chi connectivity index (χ3v) is 1.22. The number of hydrogen-bond acceptors (Lipinski definition) is 2. The largest absolute Gasteiger partial charge is 0.477 e. The van der Waals surface area contributed by atoms with Crippen LogP contribution in [0.25, 0.3) is 0 Å². The van der Waals surface area contributed by atoms with Crippen molar-refractivity contribution < 1.29 is 9.90 Å². The number of carboxylic acid groups (broad SMARTS) is 1. The van der Waals surface area contributed by atoms with Gasteiger partial charge in [-0.1, -0.05) is 0 Å². The zero-order valence-electron chi connectivity index (χ0n) is 5.29. The van der Waals surface area contributed by atoms with Crippen LogP contribution in [0.3, 0.4) is 0 Å². The highest BCUT2D eigenvalue weighted by atomic mass is 16.4. The summed E-state index contributed by atoms with van der Waals surface area (Å²) in [5.41, 5.74) is -0.456. The van der Waals surface area contributed by atoms with E-state index in [2.05, 4.69) is 4.98 Å². The molecule has 5 nitrogen and oxygen atoms in total. The second kappa shape index (κ2) is 2.02. The number of nitrogens with one attached hydrogen (secondary N) is 1. The Labute approximate surface area is 55.9 Å². The van der Waals surface area contributed by atoms with Crippen LogP contribution in [0.5, 0.6) is 0 Å². The van der Waals surface area contributed by atoms with Crippen molar-refractivity contribution in [1.29, 1.82) is 0 Å². The van der Waals surface area contributed by atoms with Crippen LogP contribution in [-0.4, -0.2) is 20.6 Å². The van der Waals surface area contributed by atoms with Gasteiger partial charge in [-0.3, -0.25) is 4.57 Å². The summed E-state index contributed by atoms with van der Waals surface area (Å²) < 4.78 is 1.03. The van der Waals surface area contributed by atoms with Gasteiger partial charge < -0.3 is 10.1 Å². The van der Waals surface area contributed by atoms with Crippen molar-refractivity contribution >= 4 is 5.97 Å². The molecular weight excluding hydrogens is 136 g/mol. The molecule has 0 aliphatic carbocycles. The molecule has 5 heteroatoms. The molecule has 1 aromatic rings. The average Bonchev–Trinajstić information content (AvgIpc) is 2.14. The van der Waals surface area contributed by atoms with E-state index in [0.717, 1.165) is 10.8 Å². The van der Waals surface area contributed by atoms with E-state index in [-0.39, 0.29) is 5.69 Å². The normalized spacial score (nSPS) is 9.70. The van der Waals surface area contributed by atoms with Crippen molar-refractivity contribution in [3.8, 4) is 0 Å². The van der Waals surface area contributed by atoms with Crippen molar-refractivity contribution in [2.75, 3.05) is 0 Å². The summed E-state index contributed by atoms with van der Waals surface area (Å²) in [6, 6.07) is 0. The van der Waals surface area contributed by atoms with Crippen LogP contribution in [0, 0.1) is 0 Å². The van der Waals surface area contributed by atoms with Crippen LogP contribution in [0.2, 0.25) is 0 Å². The topological polar surface area (TPSA) is 75.1 Å². The highest BCUT2D eigenvalue weighted by molar-refractivity contribution is 5.85. The summed E-state index contributed by atoms with van der Waals surface area (Å²) in [6.45, 7) is 0. The number of rotatable bonds is 1.